The summed E-state index contributed by atoms with van der Waals surface area (Å²) in [6.45, 7) is 7.91. The predicted molar refractivity (Wildman–Crippen MR) is 258 cm³/mol. The van der Waals surface area contributed by atoms with E-state index in [-0.39, 0.29) is 55.5 Å². The molecule has 0 saturated carbocycles. The number of piperidine rings is 1. The van der Waals surface area contributed by atoms with E-state index in [4.69, 9.17) is 19.4 Å². The molecule has 6 heterocycles. The molecule has 4 saturated heterocycles. The summed E-state index contributed by atoms with van der Waals surface area (Å²) < 4.78 is 72.7. The third kappa shape index (κ3) is 9.77. The van der Waals surface area contributed by atoms with Crippen molar-refractivity contribution in [1.82, 2.24) is 40.4 Å². The van der Waals surface area contributed by atoms with E-state index < -0.39 is 72.1 Å². The molecule has 4 amide bonds. The van der Waals surface area contributed by atoms with Crippen molar-refractivity contribution in [3.63, 3.8) is 0 Å². The van der Waals surface area contributed by atoms with Gasteiger partial charge in [-0.05, 0) is 91.5 Å². The van der Waals surface area contributed by atoms with Crippen LogP contribution in [0.5, 0.6) is 0 Å². The zero-order valence-electron chi connectivity index (χ0n) is 40.8. The van der Waals surface area contributed by atoms with Crippen molar-refractivity contribution in [3.8, 4) is 0 Å². The molecule has 9 rings (SSSR count). The molecule has 2 unspecified atom stereocenters. The molecule has 4 N–H and O–H groups in total. The minimum absolute atomic E-state index is 0.00674. The molecule has 0 spiro atoms. The smallest absolute Gasteiger partial charge is 0.407 e. The maximum absolute atomic E-state index is 16.4. The molecule has 0 radical (unpaired) electrons. The Morgan fingerprint density at radius 2 is 1.08 bits per heavy atom. The van der Waals surface area contributed by atoms with E-state index in [0.717, 1.165) is 30.4 Å². The molecule has 2 aromatic heterocycles. The topological polar surface area (TPSA) is 181 Å². The van der Waals surface area contributed by atoms with Crippen LogP contribution in [0.15, 0.2) is 48.5 Å². The second-order valence-corrected chi connectivity index (χ2v) is 20.0. The van der Waals surface area contributed by atoms with Crippen LogP contribution in [0.25, 0.3) is 22.1 Å². The number of aromatic nitrogens is 4. The third-order valence-corrected chi connectivity index (χ3v) is 14.7. The average molecular weight is 987 g/mol. The van der Waals surface area contributed by atoms with E-state index in [1.54, 1.807) is 32.6 Å². The van der Waals surface area contributed by atoms with Crippen LogP contribution in [0.1, 0.15) is 120 Å². The Balaban J connectivity index is 1.05. The van der Waals surface area contributed by atoms with Crippen LogP contribution in [0, 0.1) is 23.5 Å². The fourth-order valence-corrected chi connectivity index (χ4v) is 11.1. The van der Waals surface area contributed by atoms with Crippen molar-refractivity contribution >= 4 is 57.4 Å². The normalized spacial score (nSPS) is 23.5. The van der Waals surface area contributed by atoms with Crippen LogP contribution in [0.2, 0.25) is 0 Å². The summed E-state index contributed by atoms with van der Waals surface area (Å²) in [7, 11) is 2.41. The van der Waals surface area contributed by atoms with Gasteiger partial charge in [-0.2, -0.15) is 0 Å². The van der Waals surface area contributed by atoms with Crippen LogP contribution in [0.3, 0.4) is 0 Å². The van der Waals surface area contributed by atoms with Gasteiger partial charge in [0.1, 0.15) is 41.8 Å². The van der Waals surface area contributed by atoms with E-state index in [1.165, 1.54) is 36.2 Å². The Labute approximate surface area is 409 Å². The lowest BCUT2D eigenvalue weighted by molar-refractivity contribution is -0.136. The second kappa shape index (κ2) is 20.3. The number of rotatable bonds is 12. The standard InChI is InChI=1S/C51H62F4N10O6/c1-26(2)43(60-50(68)70-5)48(66)63-24-30(52)20-41(63)46-56-35-12-10-28(18-37(35)58-46)39-14-15-40(65(39)32-22-33(54)45(34(55)23-32)62-16-8-7-9-17-62)29-11-13-36-38(19-29)59-47(57-36)42-21-31(53)25-64(42)49(67)44(27(3)4)61-51(69)71-6/h10-13,18-19,22-23,26-27,30-31,39-44H,7-9,14-17,20-21,24-25H2,1-6H3,(H,56,58)(H,57,59)(H,60,68)(H,61,69)/t30-,31-,39-,40-,41+,42+,43?,44?/m1/s1. The molecular formula is C51H62F4N10O6. The van der Waals surface area contributed by atoms with Gasteiger partial charge in [0.25, 0.3) is 0 Å². The number of methoxy groups -OCH3 is 2. The summed E-state index contributed by atoms with van der Waals surface area (Å²) in [5.74, 6) is -2.05. The highest BCUT2D eigenvalue weighted by atomic mass is 19.1. The minimum atomic E-state index is -1.32. The van der Waals surface area contributed by atoms with Crippen LogP contribution >= 0.6 is 0 Å². The summed E-state index contributed by atoms with van der Waals surface area (Å²) >= 11 is 0. The van der Waals surface area contributed by atoms with Gasteiger partial charge in [-0.3, -0.25) is 9.59 Å². The number of nitrogens with zero attached hydrogens (tertiary/aromatic N) is 6. The number of ether oxygens (including phenoxy) is 2. The SMILES string of the molecule is COC(=O)NC(C(=O)N1C[C@H](F)C[C@H]1c1nc2ccc([C@H]3CC[C@H](c4ccc5nc([C@@H]6C[C@@H](F)CN6C(=O)C(NC(=O)OC)C(C)C)[nH]c5c4)N3c3cc(F)c(N4CCCCC4)c(F)c3)cc2[nH]1)C(C)C. The number of hydrogen-bond donors (Lipinski definition) is 4. The van der Waals surface area contributed by atoms with Crippen molar-refractivity contribution in [2.45, 2.75) is 121 Å². The lowest BCUT2D eigenvalue weighted by Crippen LogP contribution is -2.51. The molecule has 0 aliphatic carbocycles. The van der Waals surface area contributed by atoms with Gasteiger partial charge < -0.3 is 49.7 Å². The number of likely N-dealkylation sites (tertiary alicyclic amines) is 2. The number of alkyl halides is 2. The number of carbonyl (C=O) groups excluding carboxylic acids is 4. The summed E-state index contributed by atoms with van der Waals surface area (Å²) in [5.41, 5.74) is 4.40. The number of carbonyl (C=O) groups is 4. The molecule has 0 bridgehead atoms. The van der Waals surface area contributed by atoms with Gasteiger partial charge in [-0.25, -0.2) is 37.1 Å². The predicted octanol–water partition coefficient (Wildman–Crippen LogP) is 8.77. The monoisotopic (exact) mass is 986 g/mol. The molecule has 16 nitrogen and oxygen atoms in total. The first-order chi connectivity index (χ1) is 34.0. The summed E-state index contributed by atoms with van der Waals surface area (Å²) in [6.07, 6.45) is -0.296. The number of benzene rings is 3. The molecule has 5 aromatic rings. The summed E-state index contributed by atoms with van der Waals surface area (Å²) in [4.78, 5) is 75.1. The van der Waals surface area contributed by atoms with Gasteiger partial charge in [-0.15, -0.1) is 0 Å². The lowest BCUT2D eigenvalue weighted by atomic mass is 10.0. The molecule has 380 valence electrons. The Hall–Kier alpha value is -6.60. The Morgan fingerprint density at radius 3 is 1.49 bits per heavy atom. The Bertz CT molecular complexity index is 2620. The van der Waals surface area contributed by atoms with Crippen LogP contribution < -0.4 is 20.4 Å². The molecule has 8 atom stereocenters. The van der Waals surface area contributed by atoms with Crippen molar-refractivity contribution < 1.29 is 46.2 Å². The van der Waals surface area contributed by atoms with Crippen molar-refractivity contribution in [3.05, 3.63) is 82.9 Å². The summed E-state index contributed by atoms with van der Waals surface area (Å²) in [5, 5.41) is 5.18. The van der Waals surface area contributed by atoms with E-state index in [9.17, 15) is 19.2 Å². The Kier molecular flexibility index (Phi) is 14.1. The number of nitrogens with one attached hydrogen (secondary N) is 4. The maximum atomic E-state index is 16.4. The number of hydrogen-bond acceptors (Lipinski definition) is 10. The highest BCUT2D eigenvalue weighted by molar-refractivity contribution is 5.88. The molecule has 20 heteroatoms. The molecule has 3 aromatic carbocycles. The van der Waals surface area contributed by atoms with Crippen molar-refractivity contribution in [2.75, 3.05) is 50.2 Å². The van der Waals surface area contributed by atoms with Crippen LogP contribution in [-0.2, 0) is 19.1 Å². The van der Waals surface area contributed by atoms with Gasteiger partial charge in [0.2, 0.25) is 11.8 Å². The highest BCUT2D eigenvalue weighted by Crippen LogP contribution is 2.49. The molecular weight excluding hydrogens is 925 g/mol. The molecule has 4 aliphatic heterocycles. The number of H-pyrrole nitrogens is 2. The van der Waals surface area contributed by atoms with Crippen LogP contribution in [0.4, 0.5) is 38.5 Å². The zero-order valence-corrected chi connectivity index (χ0v) is 40.8. The fraction of sp³-hybridized carbons (Fsp3) is 0.529. The number of alkyl carbamates (subject to hydrolysis) is 2. The first-order valence-electron chi connectivity index (χ1n) is 24.6. The Morgan fingerprint density at radius 1 is 0.648 bits per heavy atom. The van der Waals surface area contributed by atoms with Gasteiger partial charge >= 0.3 is 12.2 Å². The zero-order chi connectivity index (χ0) is 50.4. The third-order valence-electron chi connectivity index (χ3n) is 14.7. The number of halogens is 4. The first kappa shape index (κ1) is 49.4. The second-order valence-electron chi connectivity index (χ2n) is 20.0. The van der Waals surface area contributed by atoms with Gasteiger partial charge in [0.05, 0.1) is 73.5 Å². The minimum Gasteiger partial charge on any atom is -0.453 e. The number of aromatic amines is 2. The number of anilines is 2. The van der Waals surface area contributed by atoms with Gasteiger partial charge in [-0.1, -0.05) is 39.8 Å². The van der Waals surface area contributed by atoms with E-state index in [2.05, 4.69) is 20.6 Å². The molecule has 4 fully saturated rings. The van der Waals surface area contributed by atoms with Crippen molar-refractivity contribution in [2.24, 2.45) is 11.8 Å². The number of imidazole rings is 2. The van der Waals surface area contributed by atoms with Gasteiger partial charge in [0, 0.05) is 31.6 Å². The lowest BCUT2D eigenvalue weighted by Gasteiger charge is -2.35. The molecule has 71 heavy (non-hydrogen) atoms. The first-order valence-corrected chi connectivity index (χ1v) is 24.6. The number of amides is 4. The summed E-state index contributed by atoms with van der Waals surface area (Å²) in [6, 6.07) is 10.1. The van der Waals surface area contributed by atoms with Crippen LogP contribution in [-0.4, -0.2) is 119 Å². The molecule has 4 aliphatic rings. The van der Waals surface area contributed by atoms with E-state index in [0.29, 0.717) is 65.3 Å². The van der Waals surface area contributed by atoms with E-state index >= 15 is 17.6 Å². The average Bonchev–Trinajstić information content (AvgIpc) is 4.20. The van der Waals surface area contributed by atoms with E-state index in [1.807, 2.05) is 41.3 Å². The van der Waals surface area contributed by atoms with Crippen molar-refractivity contribution in [1.29, 1.82) is 0 Å². The maximum Gasteiger partial charge on any atom is 0.407 e. The largest absolute Gasteiger partial charge is 0.453 e. The number of fused-ring (bicyclic) bond motifs is 2. The fourth-order valence-electron chi connectivity index (χ4n) is 11.1. The highest BCUT2D eigenvalue weighted by Gasteiger charge is 2.44. The van der Waals surface area contributed by atoms with Gasteiger partial charge in [0.15, 0.2) is 11.6 Å². The quantitative estimate of drug-likeness (QED) is 0.0883.